The van der Waals surface area contributed by atoms with E-state index in [1.165, 1.54) is 12.1 Å². The fourth-order valence-electron chi connectivity index (χ4n) is 5.31. The van der Waals surface area contributed by atoms with Gasteiger partial charge in [-0.3, -0.25) is 0 Å². The molecular formula is C31H37Cl3N4O5. The van der Waals surface area contributed by atoms with Gasteiger partial charge in [0.25, 0.3) is 0 Å². The Labute approximate surface area is 267 Å². The monoisotopic (exact) mass is 650 g/mol. The predicted octanol–water partition coefficient (Wildman–Crippen LogP) is 8.03. The first kappa shape index (κ1) is 33.0. The number of esters is 2. The van der Waals surface area contributed by atoms with Crippen LogP contribution in [0.5, 0.6) is 5.88 Å². The van der Waals surface area contributed by atoms with Crippen molar-refractivity contribution < 1.29 is 23.8 Å². The maximum atomic E-state index is 12.8. The minimum absolute atomic E-state index is 0.0238. The van der Waals surface area contributed by atoms with Crippen molar-refractivity contribution in [2.75, 3.05) is 6.61 Å². The van der Waals surface area contributed by atoms with Crippen LogP contribution < -0.4 is 4.74 Å². The van der Waals surface area contributed by atoms with Crippen molar-refractivity contribution in [1.29, 1.82) is 0 Å². The Hall–Kier alpha value is -2.88. The van der Waals surface area contributed by atoms with Crippen molar-refractivity contribution in [2.45, 2.75) is 78.4 Å². The summed E-state index contributed by atoms with van der Waals surface area (Å²) in [7, 11) is 0. The molecule has 1 saturated carbocycles. The summed E-state index contributed by atoms with van der Waals surface area (Å²) < 4.78 is 18.9. The van der Waals surface area contributed by atoms with Gasteiger partial charge in [-0.2, -0.15) is 0 Å². The van der Waals surface area contributed by atoms with Crippen molar-refractivity contribution in [3.05, 3.63) is 63.1 Å². The lowest BCUT2D eigenvalue weighted by Crippen LogP contribution is -2.40. The molecule has 0 aliphatic heterocycles. The van der Waals surface area contributed by atoms with Gasteiger partial charge in [-0.15, -0.1) is 5.10 Å². The lowest BCUT2D eigenvalue weighted by molar-refractivity contribution is -0.0314. The number of carbonyl (C=O) groups is 2. The molecule has 4 rings (SSSR count). The average Bonchev–Trinajstić information content (AvgIpc) is 3.35. The summed E-state index contributed by atoms with van der Waals surface area (Å²) in [6.45, 7) is 11.9. The third kappa shape index (κ3) is 8.61. The van der Waals surface area contributed by atoms with E-state index in [0.717, 1.165) is 19.3 Å². The molecular weight excluding hydrogens is 615 g/mol. The predicted molar refractivity (Wildman–Crippen MR) is 165 cm³/mol. The largest absolute Gasteiger partial charge is 0.476 e. The number of aromatic nitrogens is 4. The van der Waals surface area contributed by atoms with E-state index in [0.29, 0.717) is 42.5 Å². The summed E-state index contributed by atoms with van der Waals surface area (Å²) in [6, 6.07) is 8.04. The van der Waals surface area contributed by atoms with Crippen LogP contribution >= 0.6 is 34.8 Å². The summed E-state index contributed by atoms with van der Waals surface area (Å²) in [5.74, 6) is 1.00. The molecule has 232 valence electrons. The zero-order chi connectivity index (χ0) is 31.5. The van der Waals surface area contributed by atoms with Gasteiger partial charge < -0.3 is 14.2 Å². The van der Waals surface area contributed by atoms with Gasteiger partial charge in [-0.25, -0.2) is 24.2 Å². The summed E-state index contributed by atoms with van der Waals surface area (Å²) in [4.78, 5) is 33.5. The molecule has 12 heteroatoms. The zero-order valence-electron chi connectivity index (χ0n) is 25.2. The minimum Gasteiger partial charge on any atom is -0.476 e. The van der Waals surface area contributed by atoms with Crippen LogP contribution in [0, 0.1) is 17.8 Å². The van der Waals surface area contributed by atoms with Gasteiger partial charge in [0.2, 0.25) is 5.88 Å². The number of nitrogens with zero attached hydrogens (tertiary/aromatic N) is 4. The van der Waals surface area contributed by atoms with Crippen LogP contribution in [0.15, 0.2) is 36.5 Å². The molecule has 3 atom stereocenters. The number of halogens is 3. The molecule has 0 bridgehead atoms. The van der Waals surface area contributed by atoms with Crippen molar-refractivity contribution in [3.63, 3.8) is 0 Å². The smallest absolute Gasteiger partial charge is 0.341 e. The molecule has 3 aromatic heterocycles. The molecule has 0 saturated heterocycles. The second-order valence-corrected chi connectivity index (χ2v) is 13.5. The maximum absolute atomic E-state index is 12.8. The van der Waals surface area contributed by atoms with E-state index in [4.69, 9.17) is 49.0 Å². The van der Waals surface area contributed by atoms with E-state index in [1.54, 1.807) is 49.8 Å². The number of hydrogen-bond acceptors (Lipinski definition) is 8. The van der Waals surface area contributed by atoms with Gasteiger partial charge in [0.1, 0.15) is 26.7 Å². The number of pyridine rings is 2. The van der Waals surface area contributed by atoms with Crippen LogP contribution in [0.2, 0.25) is 15.5 Å². The first-order valence-corrected chi connectivity index (χ1v) is 15.4. The normalized spacial score (nSPS) is 17.6. The van der Waals surface area contributed by atoms with Crippen LogP contribution in [0.1, 0.15) is 87.9 Å². The highest BCUT2D eigenvalue weighted by atomic mass is 35.5. The molecule has 3 aromatic rings. The summed E-state index contributed by atoms with van der Waals surface area (Å²) in [6.07, 6.45) is 5.52. The zero-order valence-corrected chi connectivity index (χ0v) is 27.5. The minimum atomic E-state index is -0.701. The molecule has 1 aliphatic carbocycles. The highest BCUT2D eigenvalue weighted by molar-refractivity contribution is 6.34. The summed E-state index contributed by atoms with van der Waals surface area (Å²) >= 11 is 18.3. The first-order chi connectivity index (χ1) is 20.2. The maximum Gasteiger partial charge on any atom is 0.341 e. The molecule has 0 N–H and O–H groups in total. The van der Waals surface area contributed by atoms with Crippen LogP contribution in [-0.2, 0) is 9.47 Å². The first-order valence-electron chi connectivity index (χ1n) is 14.3. The molecule has 3 heterocycles. The lowest BCUT2D eigenvalue weighted by Gasteiger charge is -2.43. The second kappa shape index (κ2) is 13.4. The van der Waals surface area contributed by atoms with E-state index in [1.807, 2.05) is 13.8 Å². The third-order valence-corrected chi connectivity index (χ3v) is 8.25. The topological polar surface area (TPSA) is 105 Å². The van der Waals surface area contributed by atoms with E-state index in [2.05, 4.69) is 22.0 Å². The standard InChI is InChI=1S/C31H37Cl3N4O5/c1-7-18(16-31(5,6)43-29(40)21-10-12-23(32)35-26(21)33)20-9-8-19(20)17-41-25-14-15-38(37-25)24-13-11-22(27(34)36-24)28(39)42-30(2,3)4/h10-15,18-20H,7-9,16-17H2,1-6H3. The van der Waals surface area contributed by atoms with Crippen molar-refractivity contribution in [2.24, 2.45) is 17.8 Å². The lowest BCUT2D eigenvalue weighted by atomic mass is 9.64. The molecule has 0 aromatic carbocycles. The van der Waals surface area contributed by atoms with Gasteiger partial charge in [0.15, 0.2) is 5.82 Å². The van der Waals surface area contributed by atoms with Crippen molar-refractivity contribution >= 4 is 46.7 Å². The second-order valence-electron chi connectivity index (χ2n) is 12.4. The van der Waals surface area contributed by atoms with Crippen LogP contribution in [-0.4, -0.2) is 49.5 Å². The molecule has 1 fully saturated rings. The molecule has 0 radical (unpaired) electrons. The Morgan fingerprint density at radius 1 is 0.930 bits per heavy atom. The Morgan fingerprint density at radius 2 is 1.58 bits per heavy atom. The summed E-state index contributed by atoms with van der Waals surface area (Å²) in [5.41, 5.74) is -0.960. The molecule has 0 spiro atoms. The Morgan fingerprint density at radius 3 is 2.16 bits per heavy atom. The molecule has 9 nitrogen and oxygen atoms in total. The Balaban J connectivity index is 1.33. The van der Waals surface area contributed by atoms with Crippen molar-refractivity contribution in [1.82, 2.24) is 19.7 Å². The summed E-state index contributed by atoms with van der Waals surface area (Å²) in [5, 5.41) is 4.76. The number of carbonyl (C=O) groups excluding carboxylic acids is 2. The van der Waals surface area contributed by atoms with Gasteiger partial charge in [-0.1, -0.05) is 48.1 Å². The van der Waals surface area contributed by atoms with Gasteiger partial charge >= 0.3 is 11.9 Å². The van der Waals surface area contributed by atoms with Gasteiger partial charge in [0, 0.05) is 12.3 Å². The quantitative estimate of drug-likeness (QED) is 0.152. The number of ether oxygens (including phenoxy) is 3. The highest BCUT2D eigenvalue weighted by Gasteiger charge is 2.40. The molecule has 3 unspecified atom stereocenters. The molecule has 1 aliphatic rings. The average molecular weight is 652 g/mol. The molecule has 0 amide bonds. The molecule has 43 heavy (non-hydrogen) atoms. The van der Waals surface area contributed by atoms with Gasteiger partial charge in [-0.05, 0) is 95.9 Å². The van der Waals surface area contributed by atoms with Crippen LogP contribution in [0.3, 0.4) is 0 Å². The van der Waals surface area contributed by atoms with E-state index in [9.17, 15) is 9.59 Å². The van der Waals surface area contributed by atoms with E-state index in [-0.39, 0.29) is 26.6 Å². The van der Waals surface area contributed by atoms with Crippen LogP contribution in [0.25, 0.3) is 5.82 Å². The number of rotatable bonds is 11. The fraction of sp³-hybridized carbons (Fsp3) is 0.516. The Bertz CT molecular complexity index is 1470. The SMILES string of the molecule is CCC(CC(C)(C)OC(=O)c1ccc(Cl)nc1Cl)C1CCC1COc1ccn(-c2ccc(C(=O)OC(C)(C)C)c(Cl)n2)n1. The van der Waals surface area contributed by atoms with Gasteiger partial charge in [0.05, 0.1) is 17.7 Å². The third-order valence-electron chi connectivity index (χ3n) is 7.46. The van der Waals surface area contributed by atoms with Crippen LogP contribution in [0.4, 0.5) is 0 Å². The number of hydrogen-bond donors (Lipinski definition) is 0. The Kier molecular flexibility index (Phi) is 10.3. The van der Waals surface area contributed by atoms with E-state index < -0.39 is 23.1 Å². The highest BCUT2D eigenvalue weighted by Crippen LogP contribution is 2.44. The van der Waals surface area contributed by atoms with Crippen molar-refractivity contribution in [3.8, 4) is 11.7 Å². The fourth-order valence-corrected chi connectivity index (χ4v) is 5.95. The van der Waals surface area contributed by atoms with E-state index >= 15 is 0 Å².